The Hall–Kier alpha value is -4.65. The Bertz CT molecular complexity index is 1520. The molecule has 0 aliphatic heterocycles. The molecule has 0 atom stereocenters. The number of methoxy groups -OCH3 is 1. The van der Waals surface area contributed by atoms with Crippen molar-refractivity contribution in [2.45, 2.75) is 38.5 Å². The van der Waals surface area contributed by atoms with Gasteiger partial charge in [-0.2, -0.15) is 0 Å². The maximum absolute atomic E-state index is 13.9. The van der Waals surface area contributed by atoms with Crippen LogP contribution in [0.1, 0.15) is 48.0 Å². The Morgan fingerprint density at radius 3 is 2.19 bits per heavy atom. The maximum atomic E-state index is 13.9. The Morgan fingerprint density at radius 2 is 1.52 bits per heavy atom. The molecule has 4 aromatic rings. The summed E-state index contributed by atoms with van der Waals surface area (Å²) in [7, 11) is 5.63. The van der Waals surface area contributed by atoms with Crippen LogP contribution in [0.15, 0.2) is 91.3 Å². The van der Waals surface area contributed by atoms with Crippen molar-refractivity contribution in [3.05, 3.63) is 102 Å². The van der Waals surface area contributed by atoms with Gasteiger partial charge >= 0.3 is 0 Å². The van der Waals surface area contributed by atoms with Gasteiger partial charge in [-0.3, -0.25) is 14.6 Å². The zero-order chi connectivity index (χ0) is 29.5. The van der Waals surface area contributed by atoms with E-state index in [2.05, 4.69) is 69.0 Å². The monoisotopic (exact) mass is 562 g/mol. The lowest BCUT2D eigenvalue weighted by Gasteiger charge is -2.36. The van der Waals surface area contributed by atoms with Crippen LogP contribution in [-0.2, 0) is 11.2 Å². The Balaban J connectivity index is 1.29. The predicted molar refractivity (Wildman–Crippen MR) is 169 cm³/mol. The van der Waals surface area contributed by atoms with Crippen LogP contribution in [0.2, 0.25) is 0 Å². The normalized spacial score (nSPS) is 14.1. The lowest BCUT2D eigenvalue weighted by molar-refractivity contribution is -0.127. The molecule has 5 rings (SSSR count). The number of amides is 2. The molecule has 0 bridgehead atoms. The molecule has 0 unspecified atom stereocenters. The summed E-state index contributed by atoms with van der Waals surface area (Å²) in [6, 6.07) is 25.9. The number of hydrogen-bond donors (Lipinski definition) is 2. The molecule has 0 saturated heterocycles. The van der Waals surface area contributed by atoms with Crippen LogP contribution in [-0.4, -0.2) is 38.0 Å². The molecule has 1 saturated carbocycles. The average molecular weight is 563 g/mol. The van der Waals surface area contributed by atoms with E-state index in [0.29, 0.717) is 29.1 Å². The Morgan fingerprint density at radius 1 is 0.833 bits per heavy atom. The smallest absolute Gasteiger partial charge is 0.255 e. The van der Waals surface area contributed by atoms with Crippen molar-refractivity contribution in [1.82, 2.24) is 4.98 Å². The van der Waals surface area contributed by atoms with E-state index in [1.165, 1.54) is 11.3 Å². The minimum Gasteiger partial charge on any atom is -0.495 e. The van der Waals surface area contributed by atoms with Crippen LogP contribution in [0.5, 0.6) is 5.75 Å². The molecule has 1 heterocycles. The van der Waals surface area contributed by atoms with E-state index >= 15 is 0 Å². The highest BCUT2D eigenvalue weighted by atomic mass is 16.5. The lowest BCUT2D eigenvalue weighted by atomic mass is 9.69. The van der Waals surface area contributed by atoms with E-state index in [0.717, 1.165) is 43.2 Å². The largest absolute Gasteiger partial charge is 0.495 e. The number of pyridine rings is 1. The van der Waals surface area contributed by atoms with E-state index < -0.39 is 5.41 Å². The van der Waals surface area contributed by atoms with Crippen molar-refractivity contribution >= 4 is 28.9 Å². The van der Waals surface area contributed by atoms with Crippen LogP contribution >= 0.6 is 0 Å². The third-order valence-corrected chi connectivity index (χ3v) is 8.10. The van der Waals surface area contributed by atoms with Crippen molar-refractivity contribution in [1.29, 1.82) is 0 Å². The molecule has 1 aliphatic rings. The first-order valence-electron chi connectivity index (χ1n) is 14.4. The van der Waals surface area contributed by atoms with Gasteiger partial charge in [0, 0.05) is 37.1 Å². The van der Waals surface area contributed by atoms with Crippen LogP contribution in [0.25, 0.3) is 11.1 Å². The fourth-order valence-corrected chi connectivity index (χ4v) is 5.67. The van der Waals surface area contributed by atoms with Crippen molar-refractivity contribution in [3.63, 3.8) is 0 Å². The molecule has 1 aliphatic carbocycles. The predicted octanol–water partition coefficient (Wildman–Crippen LogP) is 7.21. The molecule has 0 spiro atoms. The first kappa shape index (κ1) is 28.9. The third-order valence-electron chi connectivity index (χ3n) is 8.10. The van der Waals surface area contributed by atoms with Gasteiger partial charge in [-0.1, -0.05) is 61.7 Å². The highest BCUT2D eigenvalue weighted by Crippen LogP contribution is 2.41. The van der Waals surface area contributed by atoms with Gasteiger partial charge < -0.3 is 20.3 Å². The SMILES string of the molecule is COc1cncc(NC(=O)c2cccc(NC(=O)C3(Cc4ccc(-c5ccc(N(C)C)cc5)cc4)CCCCC3)c2)c1. The summed E-state index contributed by atoms with van der Waals surface area (Å²) in [6.07, 6.45) is 8.71. The summed E-state index contributed by atoms with van der Waals surface area (Å²) in [5.41, 5.74) is 5.75. The van der Waals surface area contributed by atoms with E-state index in [1.54, 1.807) is 43.8 Å². The highest BCUT2D eigenvalue weighted by molar-refractivity contribution is 6.05. The quantitative estimate of drug-likeness (QED) is 0.225. The topological polar surface area (TPSA) is 83.6 Å². The van der Waals surface area contributed by atoms with Crippen LogP contribution in [0.4, 0.5) is 17.1 Å². The van der Waals surface area contributed by atoms with E-state index in [4.69, 9.17) is 4.74 Å². The highest BCUT2D eigenvalue weighted by Gasteiger charge is 2.39. The minimum atomic E-state index is -0.488. The molecule has 42 heavy (non-hydrogen) atoms. The van der Waals surface area contributed by atoms with Crippen molar-refractivity contribution in [3.8, 4) is 16.9 Å². The van der Waals surface area contributed by atoms with Gasteiger partial charge in [0.25, 0.3) is 5.91 Å². The second-order valence-corrected chi connectivity index (χ2v) is 11.3. The number of hydrogen-bond acceptors (Lipinski definition) is 5. The molecule has 7 heteroatoms. The number of ether oxygens (including phenoxy) is 1. The lowest BCUT2D eigenvalue weighted by Crippen LogP contribution is -2.40. The number of anilines is 3. The summed E-state index contributed by atoms with van der Waals surface area (Å²) in [5, 5.41) is 5.99. The number of carbonyl (C=O) groups is 2. The molecule has 1 aromatic heterocycles. The third kappa shape index (κ3) is 6.79. The second-order valence-electron chi connectivity index (χ2n) is 11.3. The standard InChI is InChI=1S/C35H38N4O3/c1-39(2)31-16-14-27(15-17-31)26-12-10-25(11-13-26)22-35(18-5-4-6-19-35)34(41)38-29-9-7-8-28(20-29)33(40)37-30-21-32(42-3)24-36-23-30/h7-17,20-21,23-24H,4-6,18-19,22H2,1-3H3,(H,37,40)(H,38,41). The van der Waals surface area contributed by atoms with Gasteiger partial charge in [-0.25, -0.2) is 0 Å². The minimum absolute atomic E-state index is 0.0140. The van der Waals surface area contributed by atoms with Crippen LogP contribution < -0.4 is 20.3 Å². The van der Waals surface area contributed by atoms with E-state index in [-0.39, 0.29) is 11.8 Å². The molecule has 7 nitrogen and oxygen atoms in total. The first-order chi connectivity index (χ1) is 20.3. The number of aromatic nitrogens is 1. The zero-order valence-electron chi connectivity index (χ0n) is 24.5. The molecular formula is C35H38N4O3. The average Bonchev–Trinajstić information content (AvgIpc) is 3.02. The Labute approximate surface area is 247 Å². The van der Waals surface area contributed by atoms with E-state index in [9.17, 15) is 9.59 Å². The molecule has 2 amide bonds. The first-order valence-corrected chi connectivity index (χ1v) is 14.4. The summed E-state index contributed by atoms with van der Waals surface area (Å²) in [5.74, 6) is 0.282. The molecule has 216 valence electrons. The number of nitrogens with zero attached hydrogens (tertiary/aromatic N) is 2. The van der Waals surface area contributed by atoms with Crippen molar-refractivity contribution < 1.29 is 14.3 Å². The van der Waals surface area contributed by atoms with Gasteiger partial charge in [0.05, 0.1) is 30.6 Å². The van der Waals surface area contributed by atoms with E-state index in [1.807, 2.05) is 20.2 Å². The fraction of sp³-hybridized carbons (Fsp3) is 0.286. The number of benzene rings is 3. The molecule has 0 radical (unpaired) electrons. The van der Waals surface area contributed by atoms with Gasteiger partial charge in [0.2, 0.25) is 5.91 Å². The van der Waals surface area contributed by atoms with Gasteiger partial charge in [0.15, 0.2) is 0 Å². The van der Waals surface area contributed by atoms with Crippen LogP contribution in [0, 0.1) is 5.41 Å². The molecule has 1 fully saturated rings. The molecule has 2 N–H and O–H groups in total. The molecule has 3 aromatic carbocycles. The number of carbonyl (C=O) groups excluding carboxylic acids is 2. The van der Waals surface area contributed by atoms with Gasteiger partial charge in [-0.05, 0) is 66.3 Å². The van der Waals surface area contributed by atoms with Crippen molar-refractivity contribution in [2.24, 2.45) is 5.41 Å². The second kappa shape index (κ2) is 12.9. The summed E-state index contributed by atoms with van der Waals surface area (Å²) < 4.78 is 5.19. The van der Waals surface area contributed by atoms with Crippen LogP contribution in [0.3, 0.4) is 0 Å². The summed E-state index contributed by atoms with van der Waals surface area (Å²) in [4.78, 5) is 33.0. The summed E-state index contributed by atoms with van der Waals surface area (Å²) >= 11 is 0. The zero-order valence-corrected chi connectivity index (χ0v) is 24.5. The van der Waals surface area contributed by atoms with Crippen molar-refractivity contribution in [2.75, 3.05) is 36.7 Å². The Kier molecular flexibility index (Phi) is 8.86. The number of rotatable bonds is 9. The maximum Gasteiger partial charge on any atom is 0.255 e. The summed E-state index contributed by atoms with van der Waals surface area (Å²) in [6.45, 7) is 0. The number of nitrogens with one attached hydrogen (secondary N) is 2. The van der Waals surface area contributed by atoms with Gasteiger partial charge in [0.1, 0.15) is 5.75 Å². The fourth-order valence-electron chi connectivity index (χ4n) is 5.67. The van der Waals surface area contributed by atoms with Gasteiger partial charge in [-0.15, -0.1) is 0 Å². The molecular weight excluding hydrogens is 524 g/mol.